The molecule has 1 aromatic carbocycles. The van der Waals surface area contributed by atoms with Gasteiger partial charge in [-0.25, -0.2) is 4.79 Å². The van der Waals surface area contributed by atoms with Gasteiger partial charge in [0.15, 0.2) is 21.3 Å². The van der Waals surface area contributed by atoms with Crippen molar-refractivity contribution in [3.8, 4) is 11.5 Å². The normalized spacial score (nSPS) is 12.8. The van der Waals surface area contributed by atoms with Gasteiger partial charge in [0.25, 0.3) is 17.3 Å². The third-order valence-electron chi connectivity index (χ3n) is 5.44. The minimum absolute atomic E-state index is 0.0294. The number of halogens is 2. The fraction of sp³-hybridized carbons (Fsp3) is 0.304. The molecule has 40 heavy (non-hydrogen) atoms. The van der Waals surface area contributed by atoms with Gasteiger partial charge >= 0.3 is 5.97 Å². The predicted molar refractivity (Wildman–Crippen MR) is 156 cm³/mol. The molecule has 1 fully saturated rings. The van der Waals surface area contributed by atoms with Gasteiger partial charge in [-0.3, -0.25) is 29.9 Å². The molecule has 0 spiro atoms. The molecule has 1 amide bonds. The number of hydrogen-bond donors (Lipinski definition) is 2. The van der Waals surface area contributed by atoms with Crippen LogP contribution >= 0.6 is 54.5 Å². The fourth-order valence-electron chi connectivity index (χ4n) is 3.64. The quantitative estimate of drug-likeness (QED) is 0.179. The average molecular weight is 722 g/mol. The van der Waals surface area contributed by atoms with Crippen LogP contribution in [0.5, 0.6) is 11.5 Å². The summed E-state index contributed by atoms with van der Waals surface area (Å²) < 4.78 is 12.1. The molecule has 3 heterocycles. The lowest BCUT2D eigenvalue weighted by Gasteiger charge is -2.16. The summed E-state index contributed by atoms with van der Waals surface area (Å²) in [5, 5.41) is 32.6. The molecular formula is C23H22Br2N4O9S2. The summed E-state index contributed by atoms with van der Waals surface area (Å²) in [5.74, 6) is -0.754. The second-order valence-electron chi connectivity index (χ2n) is 8.07. The molecule has 2 N–H and O–H groups in total. The number of benzene rings is 1. The Morgan fingerprint density at radius 2 is 1.57 bits per heavy atom. The minimum Gasteiger partial charge on any atom is -0.493 e. The van der Waals surface area contributed by atoms with Crippen LogP contribution in [0.3, 0.4) is 0 Å². The molecule has 1 aliphatic heterocycles. The van der Waals surface area contributed by atoms with Crippen LogP contribution in [0, 0.1) is 20.2 Å². The van der Waals surface area contributed by atoms with E-state index in [1.165, 1.54) is 32.1 Å². The van der Waals surface area contributed by atoms with Crippen LogP contribution < -0.4 is 14.8 Å². The van der Waals surface area contributed by atoms with E-state index in [9.17, 15) is 29.8 Å². The van der Waals surface area contributed by atoms with E-state index in [1.807, 2.05) is 0 Å². The molecule has 1 aliphatic rings. The maximum Gasteiger partial charge on any atom is 0.353 e. The number of carboxylic acids is 1. The van der Waals surface area contributed by atoms with Gasteiger partial charge in [-0.2, -0.15) is 0 Å². The zero-order valence-corrected chi connectivity index (χ0v) is 25.6. The van der Waals surface area contributed by atoms with E-state index in [4.69, 9.17) is 14.6 Å². The lowest BCUT2D eigenvalue weighted by molar-refractivity contribution is -0.384. The third kappa shape index (κ3) is 8.44. The molecule has 0 bridgehead atoms. The first kappa shape index (κ1) is 31.4. The van der Waals surface area contributed by atoms with Crippen molar-refractivity contribution in [3.63, 3.8) is 0 Å². The first-order chi connectivity index (χ1) is 19.0. The van der Waals surface area contributed by atoms with Crippen molar-refractivity contribution in [3.05, 3.63) is 67.9 Å². The zero-order valence-electron chi connectivity index (χ0n) is 20.8. The Labute approximate surface area is 252 Å². The number of methoxy groups -OCH3 is 1. The van der Waals surface area contributed by atoms with Gasteiger partial charge < -0.3 is 19.9 Å². The molecule has 0 unspecified atom stereocenters. The number of amides is 1. The molecule has 1 saturated heterocycles. The summed E-state index contributed by atoms with van der Waals surface area (Å²) >= 11 is 7.99. The van der Waals surface area contributed by atoms with Crippen LogP contribution in [0.2, 0.25) is 0 Å². The minimum atomic E-state index is -1.28. The van der Waals surface area contributed by atoms with Gasteiger partial charge in [0, 0.05) is 30.4 Å². The van der Waals surface area contributed by atoms with Crippen molar-refractivity contribution < 1.29 is 34.0 Å². The van der Waals surface area contributed by atoms with Crippen LogP contribution in [-0.4, -0.2) is 65.1 Å². The van der Waals surface area contributed by atoms with E-state index >= 15 is 0 Å². The highest BCUT2D eigenvalue weighted by Gasteiger charge is 2.25. The fourth-order valence-corrected chi connectivity index (χ4v) is 6.48. The van der Waals surface area contributed by atoms with Gasteiger partial charge in [-0.05, 0) is 69.9 Å². The van der Waals surface area contributed by atoms with Crippen molar-refractivity contribution >= 4 is 83.5 Å². The number of carbonyl (C=O) groups excluding carboxylic acids is 1. The van der Waals surface area contributed by atoms with Crippen molar-refractivity contribution in [1.82, 2.24) is 4.90 Å². The number of carboxylic acid groups (broad SMARTS) is 1. The largest absolute Gasteiger partial charge is 0.493 e. The SMILES string of the molecule is COc1cc(NC(=O)c2sc(Br)cc2[N+](=O)[O-])ccc1OCCN1CCCC1.O=C(O)c1sc(Br)cc1[N+](=O)[O-]. The summed E-state index contributed by atoms with van der Waals surface area (Å²) in [6.45, 7) is 3.63. The van der Waals surface area contributed by atoms with Crippen molar-refractivity contribution in [2.75, 3.05) is 38.7 Å². The first-order valence-corrected chi connectivity index (χ1v) is 14.7. The number of hydrogen-bond acceptors (Lipinski definition) is 11. The number of nitro groups is 2. The molecule has 3 aromatic rings. The second-order valence-corrected chi connectivity index (χ2v) is 12.9. The summed E-state index contributed by atoms with van der Waals surface area (Å²) in [6, 6.07) is 7.53. The number of ether oxygens (including phenoxy) is 2. The summed E-state index contributed by atoms with van der Waals surface area (Å²) in [7, 11) is 1.52. The number of rotatable bonds is 10. The number of carbonyl (C=O) groups is 2. The van der Waals surface area contributed by atoms with Crippen LogP contribution in [0.1, 0.15) is 32.2 Å². The number of nitrogens with one attached hydrogen (secondary N) is 1. The van der Waals surface area contributed by atoms with Gasteiger partial charge in [0.2, 0.25) is 0 Å². The van der Waals surface area contributed by atoms with Crippen LogP contribution in [0.4, 0.5) is 17.1 Å². The van der Waals surface area contributed by atoms with E-state index < -0.39 is 21.7 Å². The summed E-state index contributed by atoms with van der Waals surface area (Å²) in [5.41, 5.74) is -0.143. The standard InChI is InChI=1S/C18H20BrN3O5S.C5H2BrNO4S/c1-26-15-10-12(4-5-14(15)27-9-8-21-6-2-3-7-21)20-18(23)17-13(22(24)25)11-16(19)28-17;6-3-1-2(7(10)11)4(12-3)5(8)9/h4-5,10-11H,2-3,6-9H2,1H3,(H,20,23);1H,(H,8,9). The number of thiophene rings is 2. The molecule has 2 aromatic heterocycles. The molecule has 17 heteroatoms. The predicted octanol–water partition coefficient (Wildman–Crippen LogP) is 6.27. The Kier molecular flexibility index (Phi) is 11.4. The Balaban J connectivity index is 0.000000307. The Hall–Kier alpha value is -3.12. The Morgan fingerprint density at radius 3 is 2.10 bits per heavy atom. The van der Waals surface area contributed by atoms with E-state index in [0.29, 0.717) is 31.4 Å². The van der Waals surface area contributed by atoms with Gasteiger partial charge in [0.05, 0.1) is 24.5 Å². The van der Waals surface area contributed by atoms with Crippen LogP contribution in [0.25, 0.3) is 0 Å². The highest BCUT2D eigenvalue weighted by molar-refractivity contribution is 9.11. The molecular weight excluding hydrogens is 700 g/mol. The zero-order chi connectivity index (χ0) is 29.4. The van der Waals surface area contributed by atoms with E-state index in [1.54, 1.807) is 18.2 Å². The molecule has 4 rings (SSSR count). The van der Waals surface area contributed by atoms with Crippen LogP contribution in [-0.2, 0) is 0 Å². The third-order valence-corrected chi connectivity index (χ3v) is 8.69. The molecule has 0 aliphatic carbocycles. The Morgan fingerprint density at radius 1 is 1.00 bits per heavy atom. The highest BCUT2D eigenvalue weighted by atomic mass is 79.9. The van der Waals surface area contributed by atoms with E-state index in [-0.39, 0.29) is 21.1 Å². The van der Waals surface area contributed by atoms with Gasteiger partial charge in [-0.1, -0.05) is 0 Å². The highest BCUT2D eigenvalue weighted by Crippen LogP contribution is 2.35. The second kappa shape index (κ2) is 14.5. The topological polar surface area (TPSA) is 174 Å². The summed E-state index contributed by atoms with van der Waals surface area (Å²) in [6.07, 6.45) is 2.47. The van der Waals surface area contributed by atoms with Crippen molar-refractivity contribution in [2.24, 2.45) is 0 Å². The lowest BCUT2D eigenvalue weighted by atomic mass is 10.2. The number of nitrogens with zero attached hydrogens (tertiary/aromatic N) is 3. The number of anilines is 1. The average Bonchev–Trinajstić information content (AvgIpc) is 3.65. The monoisotopic (exact) mass is 720 g/mol. The first-order valence-electron chi connectivity index (χ1n) is 11.5. The molecule has 214 valence electrons. The lowest BCUT2D eigenvalue weighted by Crippen LogP contribution is -2.25. The molecule has 0 saturated carbocycles. The van der Waals surface area contributed by atoms with Crippen molar-refractivity contribution in [1.29, 1.82) is 0 Å². The summed E-state index contributed by atoms with van der Waals surface area (Å²) in [4.78, 5) is 45.1. The van der Waals surface area contributed by atoms with Crippen LogP contribution in [0.15, 0.2) is 37.9 Å². The van der Waals surface area contributed by atoms with Gasteiger partial charge in [0.1, 0.15) is 6.61 Å². The Bertz CT molecular complexity index is 1380. The smallest absolute Gasteiger partial charge is 0.353 e. The van der Waals surface area contributed by atoms with E-state index in [0.717, 1.165) is 42.3 Å². The van der Waals surface area contributed by atoms with E-state index in [2.05, 4.69) is 42.1 Å². The van der Waals surface area contributed by atoms with Crippen molar-refractivity contribution in [2.45, 2.75) is 12.8 Å². The number of aromatic carboxylic acids is 1. The van der Waals surface area contributed by atoms with Gasteiger partial charge in [-0.15, -0.1) is 22.7 Å². The molecule has 0 atom stereocenters. The number of likely N-dealkylation sites (tertiary alicyclic amines) is 1. The maximum atomic E-state index is 12.5. The maximum absolute atomic E-state index is 12.5. The molecule has 0 radical (unpaired) electrons. The molecule has 13 nitrogen and oxygen atoms in total.